The zero-order chi connectivity index (χ0) is 21.7. The van der Waals surface area contributed by atoms with Crippen molar-refractivity contribution in [3.05, 3.63) is 62.8 Å². The van der Waals surface area contributed by atoms with Crippen molar-refractivity contribution in [2.24, 2.45) is 0 Å². The van der Waals surface area contributed by atoms with Gasteiger partial charge in [0.15, 0.2) is 0 Å². The SMILES string of the molecule is COC(=O)c1sc(=O)sc1SCc1ccc(CSc2sc(=O)sc2C(=O)OC)cc1. The van der Waals surface area contributed by atoms with Crippen LogP contribution in [-0.4, -0.2) is 26.2 Å². The minimum atomic E-state index is -0.490. The van der Waals surface area contributed by atoms with E-state index < -0.39 is 11.9 Å². The maximum absolute atomic E-state index is 11.8. The van der Waals surface area contributed by atoms with Crippen molar-refractivity contribution in [1.29, 1.82) is 0 Å². The third-order valence-electron chi connectivity index (χ3n) is 3.60. The summed E-state index contributed by atoms with van der Waals surface area (Å²) in [5.41, 5.74) is 2.09. The first kappa shape index (κ1) is 23.2. The van der Waals surface area contributed by atoms with Crippen molar-refractivity contribution in [1.82, 2.24) is 0 Å². The molecule has 0 saturated carbocycles. The van der Waals surface area contributed by atoms with Gasteiger partial charge in [0.2, 0.25) is 0 Å². The second-order valence-electron chi connectivity index (χ2n) is 5.52. The number of benzene rings is 1. The largest absolute Gasteiger partial charge is 0.465 e. The molecular weight excluding hydrogens is 505 g/mol. The Balaban J connectivity index is 1.61. The number of methoxy groups -OCH3 is 2. The lowest BCUT2D eigenvalue weighted by atomic mass is 10.2. The number of hydrogen-bond acceptors (Lipinski definition) is 12. The summed E-state index contributed by atoms with van der Waals surface area (Å²) >= 11 is 6.78. The normalized spacial score (nSPS) is 10.7. The maximum atomic E-state index is 11.8. The summed E-state index contributed by atoms with van der Waals surface area (Å²) in [6, 6.07) is 7.92. The molecule has 0 aliphatic heterocycles. The molecule has 0 amide bonds. The van der Waals surface area contributed by atoms with Gasteiger partial charge >= 0.3 is 11.9 Å². The Morgan fingerprint density at radius 3 is 1.43 bits per heavy atom. The molecule has 3 rings (SSSR count). The minimum absolute atomic E-state index is 0.132. The Hall–Kier alpha value is -1.44. The highest BCUT2D eigenvalue weighted by Crippen LogP contribution is 2.34. The second-order valence-corrected chi connectivity index (χ2v) is 12.5. The number of thioether (sulfide) groups is 2. The number of ether oxygens (including phenoxy) is 2. The van der Waals surface area contributed by atoms with E-state index in [1.54, 1.807) is 0 Å². The van der Waals surface area contributed by atoms with Crippen LogP contribution in [0.3, 0.4) is 0 Å². The van der Waals surface area contributed by atoms with Crippen molar-refractivity contribution in [2.75, 3.05) is 14.2 Å². The summed E-state index contributed by atoms with van der Waals surface area (Å²) in [6.45, 7) is 0. The van der Waals surface area contributed by atoms with Crippen molar-refractivity contribution in [3.63, 3.8) is 0 Å². The van der Waals surface area contributed by atoms with Crippen LogP contribution in [-0.2, 0) is 21.0 Å². The number of carbonyl (C=O) groups is 2. The zero-order valence-electron chi connectivity index (χ0n) is 15.6. The smallest absolute Gasteiger partial charge is 0.350 e. The van der Waals surface area contributed by atoms with Crippen LogP contribution in [0.5, 0.6) is 0 Å². The zero-order valence-corrected chi connectivity index (χ0v) is 20.5. The summed E-state index contributed by atoms with van der Waals surface area (Å²) in [5.74, 6) is 0.247. The third-order valence-corrected chi connectivity index (χ3v) is 10.8. The maximum Gasteiger partial charge on any atom is 0.350 e. The average molecular weight is 519 g/mol. The van der Waals surface area contributed by atoms with Gasteiger partial charge in [-0.1, -0.05) is 69.6 Å². The van der Waals surface area contributed by atoms with Crippen LogP contribution in [0.2, 0.25) is 0 Å². The molecule has 0 unspecified atom stereocenters. The summed E-state index contributed by atoms with van der Waals surface area (Å²) in [6.07, 6.45) is 0. The molecule has 0 spiro atoms. The Kier molecular flexibility index (Phi) is 8.31. The summed E-state index contributed by atoms with van der Waals surface area (Å²) in [4.78, 5) is 47.5. The fourth-order valence-electron chi connectivity index (χ4n) is 2.19. The van der Waals surface area contributed by atoms with Gasteiger partial charge in [0.1, 0.15) is 9.75 Å². The molecule has 1 aromatic carbocycles. The molecule has 2 aromatic heterocycles. The average Bonchev–Trinajstić information content (AvgIpc) is 3.32. The molecule has 158 valence electrons. The van der Waals surface area contributed by atoms with Gasteiger partial charge in [0.05, 0.1) is 22.6 Å². The first-order valence-electron chi connectivity index (χ1n) is 8.19. The Labute approximate surface area is 195 Å². The number of rotatable bonds is 8. The molecule has 0 radical (unpaired) electrons. The molecule has 0 atom stereocenters. The van der Waals surface area contributed by atoms with Gasteiger partial charge < -0.3 is 9.47 Å². The van der Waals surface area contributed by atoms with Gasteiger partial charge in [0.25, 0.3) is 8.11 Å². The topological polar surface area (TPSA) is 86.7 Å². The third kappa shape index (κ3) is 5.83. The molecule has 2 heterocycles. The molecule has 0 saturated heterocycles. The van der Waals surface area contributed by atoms with Gasteiger partial charge in [-0.05, 0) is 11.1 Å². The highest BCUT2D eigenvalue weighted by atomic mass is 32.2. The molecule has 12 heteroatoms. The Morgan fingerprint density at radius 1 is 0.733 bits per heavy atom. The van der Waals surface area contributed by atoms with E-state index in [1.165, 1.54) is 37.7 Å². The molecule has 0 bridgehead atoms. The van der Waals surface area contributed by atoms with Gasteiger partial charge in [-0.15, -0.1) is 23.5 Å². The fourth-order valence-corrected chi connectivity index (χ4v) is 9.12. The van der Waals surface area contributed by atoms with Crippen LogP contribution in [0.15, 0.2) is 42.3 Å². The Morgan fingerprint density at radius 2 is 1.10 bits per heavy atom. The van der Waals surface area contributed by atoms with Crippen LogP contribution in [0.4, 0.5) is 0 Å². The van der Waals surface area contributed by atoms with Crippen molar-refractivity contribution in [2.45, 2.75) is 19.9 Å². The fraction of sp³-hybridized carbons (Fsp3) is 0.222. The van der Waals surface area contributed by atoms with E-state index in [0.29, 0.717) is 29.7 Å². The molecule has 0 fully saturated rings. The van der Waals surface area contributed by atoms with Crippen molar-refractivity contribution >= 4 is 80.8 Å². The molecule has 6 nitrogen and oxygen atoms in total. The highest BCUT2D eigenvalue weighted by Gasteiger charge is 2.19. The quantitative estimate of drug-likeness (QED) is 0.310. The minimum Gasteiger partial charge on any atom is -0.465 e. The van der Waals surface area contributed by atoms with E-state index in [-0.39, 0.29) is 8.11 Å². The van der Waals surface area contributed by atoms with E-state index in [2.05, 4.69) is 0 Å². The van der Waals surface area contributed by atoms with Gasteiger partial charge in [-0.2, -0.15) is 0 Å². The summed E-state index contributed by atoms with van der Waals surface area (Å²) in [5, 5.41) is 0. The second kappa shape index (κ2) is 10.7. The number of esters is 2. The summed E-state index contributed by atoms with van der Waals surface area (Å²) in [7, 11) is 2.59. The standard InChI is InChI=1S/C18H14O6S6/c1-23-13(19)11-15(29-17(21)27-11)25-7-9-3-5-10(6-4-9)8-26-16-12(14(20)24-2)28-18(22)30-16/h3-6H,7-8H2,1-2H3. The van der Waals surface area contributed by atoms with Gasteiger partial charge in [-0.3, -0.25) is 9.59 Å². The van der Waals surface area contributed by atoms with Crippen LogP contribution in [0, 0.1) is 0 Å². The molecule has 0 aliphatic rings. The van der Waals surface area contributed by atoms with E-state index in [0.717, 1.165) is 56.5 Å². The molecular formula is C18H14O6S6. The molecule has 0 aliphatic carbocycles. The van der Waals surface area contributed by atoms with Gasteiger partial charge in [-0.25, -0.2) is 9.59 Å². The molecule has 0 N–H and O–H groups in total. The monoisotopic (exact) mass is 518 g/mol. The van der Waals surface area contributed by atoms with E-state index in [9.17, 15) is 19.2 Å². The number of hydrogen-bond donors (Lipinski definition) is 0. The van der Waals surface area contributed by atoms with Crippen LogP contribution in [0.25, 0.3) is 0 Å². The predicted molar refractivity (Wildman–Crippen MR) is 125 cm³/mol. The number of carbonyl (C=O) groups excluding carboxylic acids is 2. The van der Waals surface area contributed by atoms with Crippen LogP contribution < -0.4 is 8.11 Å². The first-order chi connectivity index (χ1) is 14.4. The highest BCUT2D eigenvalue weighted by molar-refractivity contribution is 8.01. The lowest BCUT2D eigenvalue weighted by Gasteiger charge is -2.05. The van der Waals surface area contributed by atoms with Crippen LogP contribution in [0.1, 0.15) is 30.5 Å². The van der Waals surface area contributed by atoms with E-state index in [1.807, 2.05) is 24.3 Å². The Bertz CT molecular complexity index is 1060. The van der Waals surface area contributed by atoms with Crippen molar-refractivity contribution in [3.8, 4) is 0 Å². The lowest BCUT2D eigenvalue weighted by molar-refractivity contribution is 0.0594. The van der Waals surface area contributed by atoms with Crippen LogP contribution >= 0.6 is 68.9 Å². The predicted octanol–water partition coefficient (Wildman–Crippen LogP) is 4.81. The molecule has 30 heavy (non-hydrogen) atoms. The van der Waals surface area contributed by atoms with Crippen molar-refractivity contribution < 1.29 is 19.1 Å². The van der Waals surface area contributed by atoms with Gasteiger partial charge in [0, 0.05) is 11.5 Å². The first-order valence-corrected chi connectivity index (χ1v) is 13.4. The summed E-state index contributed by atoms with van der Waals surface area (Å²) < 4.78 is 10.5. The van der Waals surface area contributed by atoms with E-state index in [4.69, 9.17) is 9.47 Å². The van der Waals surface area contributed by atoms with E-state index >= 15 is 0 Å². The lowest BCUT2D eigenvalue weighted by Crippen LogP contribution is -1.99. The molecule has 3 aromatic rings.